The second kappa shape index (κ2) is 6.08. The lowest BCUT2D eigenvalue weighted by Crippen LogP contribution is -1.77. The Balaban J connectivity index is 1.66. The Bertz CT molecular complexity index is 1110. The van der Waals surface area contributed by atoms with E-state index in [1.54, 1.807) is 0 Å². The molecule has 0 aliphatic rings. The van der Waals surface area contributed by atoms with Crippen LogP contribution >= 0.6 is 22.7 Å². The van der Waals surface area contributed by atoms with E-state index in [0.29, 0.717) is 0 Å². The quantitative estimate of drug-likeness (QED) is 0.295. The molecule has 0 atom stereocenters. The van der Waals surface area contributed by atoms with E-state index < -0.39 is 0 Å². The maximum absolute atomic E-state index is 2.36. The molecule has 0 spiro atoms. The van der Waals surface area contributed by atoms with Crippen LogP contribution in [0.25, 0.3) is 41.1 Å². The highest BCUT2D eigenvalue weighted by molar-refractivity contribution is 7.23. The summed E-state index contributed by atoms with van der Waals surface area (Å²) in [5, 5.41) is 2.69. The van der Waals surface area contributed by atoms with E-state index >= 15 is 0 Å². The third kappa shape index (κ3) is 2.57. The summed E-state index contributed by atoms with van der Waals surface area (Å²) in [6, 6.07) is 26.7. The third-order valence-corrected chi connectivity index (χ3v) is 7.24. The van der Waals surface area contributed by atoms with Gasteiger partial charge in [-0.2, -0.15) is 0 Å². The molecule has 0 radical (unpaired) electrons. The Morgan fingerprint density at radius 2 is 0.962 bits per heavy atom. The number of fused-ring (bicyclic) bond motifs is 2. The van der Waals surface area contributed by atoms with E-state index in [1.807, 2.05) is 22.7 Å². The van der Waals surface area contributed by atoms with Crippen molar-refractivity contribution in [3.05, 3.63) is 83.9 Å². The molecule has 0 nitrogen and oxygen atoms in total. The van der Waals surface area contributed by atoms with Crippen LogP contribution in [-0.4, -0.2) is 0 Å². The molecule has 0 aliphatic carbocycles. The summed E-state index contributed by atoms with van der Waals surface area (Å²) in [4.78, 5) is 2.71. The lowest BCUT2D eigenvalue weighted by atomic mass is 10.1. The van der Waals surface area contributed by atoms with Crippen molar-refractivity contribution >= 4 is 42.8 Å². The van der Waals surface area contributed by atoms with Gasteiger partial charge in [0.15, 0.2) is 0 Å². The van der Waals surface area contributed by atoms with Crippen molar-refractivity contribution < 1.29 is 0 Å². The topological polar surface area (TPSA) is 0 Å². The molecule has 5 aromatic rings. The zero-order valence-electron chi connectivity index (χ0n) is 14.7. The van der Waals surface area contributed by atoms with Gasteiger partial charge in [-0.15, -0.1) is 22.7 Å². The second-order valence-electron chi connectivity index (χ2n) is 6.78. The van der Waals surface area contributed by atoms with Crippen molar-refractivity contribution in [2.24, 2.45) is 0 Å². The van der Waals surface area contributed by atoms with E-state index in [2.05, 4.69) is 86.6 Å². The maximum Gasteiger partial charge on any atom is 0.0357 e. The van der Waals surface area contributed by atoms with Crippen LogP contribution in [0.2, 0.25) is 0 Å². The van der Waals surface area contributed by atoms with Gasteiger partial charge in [-0.3, -0.25) is 0 Å². The van der Waals surface area contributed by atoms with E-state index in [0.717, 1.165) is 0 Å². The summed E-state index contributed by atoms with van der Waals surface area (Å²) in [7, 11) is 0. The van der Waals surface area contributed by atoms with Gasteiger partial charge in [0.25, 0.3) is 0 Å². The lowest BCUT2D eigenvalue weighted by Gasteiger charge is -2.01. The molecule has 2 aromatic heterocycles. The summed E-state index contributed by atoms with van der Waals surface area (Å²) in [5.41, 5.74) is 5.36. The number of rotatable bonds is 2. The molecule has 2 heteroatoms. The van der Waals surface area contributed by atoms with Crippen LogP contribution in [-0.2, 0) is 0 Å². The van der Waals surface area contributed by atoms with Gasteiger partial charge in [0.2, 0.25) is 0 Å². The Labute approximate surface area is 161 Å². The number of aryl methyl sites for hydroxylation is 2. The molecule has 126 valence electrons. The molecular formula is C24H18S2. The molecule has 0 N–H and O–H groups in total. The van der Waals surface area contributed by atoms with Gasteiger partial charge >= 0.3 is 0 Å². The molecular weight excluding hydrogens is 352 g/mol. The Morgan fingerprint density at radius 1 is 0.538 bits per heavy atom. The molecule has 3 aromatic carbocycles. The Kier molecular flexibility index (Phi) is 3.70. The third-order valence-electron chi connectivity index (χ3n) is 4.98. The average molecular weight is 371 g/mol. The van der Waals surface area contributed by atoms with Gasteiger partial charge in [-0.1, -0.05) is 48.5 Å². The maximum atomic E-state index is 2.36. The Morgan fingerprint density at radius 3 is 1.38 bits per heavy atom. The van der Waals surface area contributed by atoms with Crippen molar-refractivity contribution in [1.29, 1.82) is 0 Å². The van der Waals surface area contributed by atoms with E-state index in [9.17, 15) is 0 Å². The fraction of sp³-hybridized carbons (Fsp3) is 0.0833. The zero-order chi connectivity index (χ0) is 17.7. The minimum Gasteiger partial charge on any atom is -0.135 e. The highest BCUT2D eigenvalue weighted by Crippen LogP contribution is 2.41. The Hall–Kier alpha value is -2.42. The minimum absolute atomic E-state index is 1.34. The summed E-state index contributed by atoms with van der Waals surface area (Å²) >= 11 is 3.78. The summed E-state index contributed by atoms with van der Waals surface area (Å²) < 4.78 is 2.73. The standard InChI is InChI=1S/C24H18S2/c1-15-7-3-5-9-19(15)23-13-17-11-22-18(12-21(17)25-23)14-24(26-22)20-10-6-4-8-16(20)2/h3-14H,1-2H3. The van der Waals surface area contributed by atoms with Crippen LogP contribution < -0.4 is 0 Å². The molecule has 0 unspecified atom stereocenters. The van der Waals surface area contributed by atoms with E-state index in [1.165, 1.54) is 52.2 Å². The first-order valence-corrected chi connectivity index (χ1v) is 10.4. The smallest absolute Gasteiger partial charge is 0.0357 e. The summed E-state index contributed by atoms with van der Waals surface area (Å²) in [5.74, 6) is 0. The molecule has 26 heavy (non-hydrogen) atoms. The predicted molar refractivity (Wildman–Crippen MR) is 118 cm³/mol. The molecule has 5 rings (SSSR count). The number of thiophene rings is 2. The first-order chi connectivity index (χ1) is 12.7. The fourth-order valence-electron chi connectivity index (χ4n) is 3.54. The van der Waals surface area contributed by atoms with Gasteiger partial charge in [-0.05, 0) is 71.1 Å². The van der Waals surface area contributed by atoms with Crippen LogP contribution in [0.5, 0.6) is 0 Å². The highest BCUT2D eigenvalue weighted by atomic mass is 32.1. The molecule has 2 heterocycles. The summed E-state index contributed by atoms with van der Waals surface area (Å²) in [6.45, 7) is 4.37. The number of hydrogen-bond donors (Lipinski definition) is 0. The molecule has 0 amide bonds. The fourth-order valence-corrected chi connectivity index (χ4v) is 5.90. The predicted octanol–water partition coefficient (Wildman–Crippen LogP) is 8.07. The van der Waals surface area contributed by atoms with Gasteiger partial charge in [-0.25, -0.2) is 0 Å². The molecule has 0 aliphatic heterocycles. The van der Waals surface area contributed by atoms with Gasteiger partial charge in [0.1, 0.15) is 0 Å². The van der Waals surface area contributed by atoms with Gasteiger partial charge in [0.05, 0.1) is 0 Å². The normalized spacial score (nSPS) is 11.5. The van der Waals surface area contributed by atoms with Crippen molar-refractivity contribution in [2.45, 2.75) is 13.8 Å². The van der Waals surface area contributed by atoms with Crippen LogP contribution in [0.3, 0.4) is 0 Å². The van der Waals surface area contributed by atoms with Crippen molar-refractivity contribution in [3.8, 4) is 20.9 Å². The molecule has 0 saturated heterocycles. The lowest BCUT2D eigenvalue weighted by molar-refractivity contribution is 1.48. The van der Waals surface area contributed by atoms with Gasteiger partial charge < -0.3 is 0 Å². The summed E-state index contributed by atoms with van der Waals surface area (Å²) in [6.07, 6.45) is 0. The van der Waals surface area contributed by atoms with Crippen molar-refractivity contribution in [3.63, 3.8) is 0 Å². The minimum atomic E-state index is 1.34. The van der Waals surface area contributed by atoms with Gasteiger partial charge in [0, 0.05) is 19.2 Å². The first kappa shape index (κ1) is 15.8. The van der Waals surface area contributed by atoms with Crippen molar-refractivity contribution in [1.82, 2.24) is 0 Å². The first-order valence-electron chi connectivity index (χ1n) is 8.78. The van der Waals surface area contributed by atoms with E-state index in [-0.39, 0.29) is 0 Å². The molecule has 0 saturated carbocycles. The molecule has 0 bridgehead atoms. The molecule has 0 fully saturated rings. The zero-order valence-corrected chi connectivity index (χ0v) is 16.4. The average Bonchev–Trinajstić information content (AvgIpc) is 3.23. The monoisotopic (exact) mass is 370 g/mol. The van der Waals surface area contributed by atoms with Crippen LogP contribution in [0, 0.1) is 13.8 Å². The van der Waals surface area contributed by atoms with Crippen LogP contribution in [0.1, 0.15) is 11.1 Å². The van der Waals surface area contributed by atoms with E-state index in [4.69, 9.17) is 0 Å². The second-order valence-corrected chi connectivity index (χ2v) is 8.95. The van der Waals surface area contributed by atoms with Crippen molar-refractivity contribution in [2.75, 3.05) is 0 Å². The van der Waals surface area contributed by atoms with Crippen LogP contribution in [0.4, 0.5) is 0 Å². The number of hydrogen-bond acceptors (Lipinski definition) is 2. The van der Waals surface area contributed by atoms with Crippen LogP contribution in [0.15, 0.2) is 72.8 Å². The highest BCUT2D eigenvalue weighted by Gasteiger charge is 2.11. The largest absolute Gasteiger partial charge is 0.135 e. The number of benzene rings is 3. The SMILES string of the molecule is Cc1ccccc1-c1cc2cc3sc(-c4ccccc4C)cc3cc2s1.